The topological polar surface area (TPSA) is 113 Å². The van der Waals surface area contributed by atoms with Gasteiger partial charge >= 0.3 is 0 Å². The van der Waals surface area contributed by atoms with E-state index >= 15 is 0 Å². The van der Waals surface area contributed by atoms with Crippen molar-refractivity contribution in [1.29, 1.82) is 0 Å². The molecular weight excluding hydrogens is 358 g/mol. The highest BCUT2D eigenvalue weighted by atomic mass is 32.2. The van der Waals surface area contributed by atoms with E-state index in [0.717, 1.165) is 30.4 Å². The zero-order chi connectivity index (χ0) is 20.1. The Morgan fingerprint density at radius 3 is 2.42 bits per heavy atom. The molecule has 1 rings (SSSR count). The van der Waals surface area contributed by atoms with Crippen molar-refractivity contribution in [2.24, 2.45) is 0 Å². The van der Waals surface area contributed by atoms with E-state index in [1.807, 2.05) is 0 Å². The van der Waals surface area contributed by atoms with Gasteiger partial charge in [-0.2, -0.15) is 0 Å². The van der Waals surface area contributed by atoms with Crippen LogP contribution in [0.15, 0.2) is 0 Å². The molecule has 26 heavy (non-hydrogen) atoms. The third kappa shape index (κ3) is 9.10. The average molecular weight is 388 g/mol. The smallest absolute Gasteiger partial charge is 0.242 e. The van der Waals surface area contributed by atoms with Gasteiger partial charge in [0.05, 0.1) is 17.0 Å². The minimum atomic E-state index is -0.440. The molecule has 8 nitrogen and oxygen atoms in total. The van der Waals surface area contributed by atoms with Crippen LogP contribution in [-0.2, 0) is 24.0 Å². The fourth-order valence-corrected chi connectivity index (χ4v) is 3.35. The molecule has 0 aromatic heterocycles. The van der Waals surface area contributed by atoms with E-state index in [-0.39, 0.29) is 41.7 Å². The lowest BCUT2D eigenvalue weighted by molar-refractivity contribution is -0.136. The van der Waals surface area contributed by atoms with Crippen LogP contribution < -0.4 is 10.6 Å². The number of hydrogen-bond donors (Lipinski definition) is 2. The standard InChI is InChI=1S/C15H25N3O4S.C2H4O/c1-10(19)11(16-2)6-4-5-7-17-13(20)9-23-12-8-14(21)18(3)15(12)22;1-2-3/h11-12,16H,4-9H2,1-3H3,(H,17,20);2H,1H3. The number of Topliss-reactive ketones (excluding diaryl/α,β-unsaturated/α-hetero) is 1. The Bertz CT molecular complexity index is 513. The second-order valence-electron chi connectivity index (χ2n) is 5.83. The Morgan fingerprint density at radius 1 is 1.35 bits per heavy atom. The Kier molecular flexibility index (Phi) is 12.6. The van der Waals surface area contributed by atoms with Gasteiger partial charge in [0.15, 0.2) is 0 Å². The van der Waals surface area contributed by atoms with Gasteiger partial charge < -0.3 is 15.4 Å². The second kappa shape index (κ2) is 13.5. The number of ketones is 1. The van der Waals surface area contributed by atoms with Crippen molar-refractivity contribution >= 4 is 41.6 Å². The van der Waals surface area contributed by atoms with Gasteiger partial charge in [-0.15, -0.1) is 11.8 Å². The summed E-state index contributed by atoms with van der Waals surface area (Å²) in [4.78, 5) is 56.0. The molecule has 0 aromatic rings. The summed E-state index contributed by atoms with van der Waals surface area (Å²) in [5.74, 6) is -0.271. The predicted octanol–water partition coefficient (Wildman–Crippen LogP) is 0.146. The highest BCUT2D eigenvalue weighted by Gasteiger charge is 2.36. The van der Waals surface area contributed by atoms with Crippen LogP contribution in [0.5, 0.6) is 0 Å². The lowest BCUT2D eigenvalue weighted by Gasteiger charge is -2.12. The van der Waals surface area contributed by atoms with Crippen LogP contribution in [0.1, 0.15) is 39.5 Å². The number of rotatable bonds is 10. The number of imide groups is 1. The summed E-state index contributed by atoms with van der Waals surface area (Å²) >= 11 is 1.21. The number of carbonyl (C=O) groups is 5. The van der Waals surface area contributed by atoms with Gasteiger partial charge in [-0.25, -0.2) is 0 Å². The number of nitrogens with zero attached hydrogens (tertiary/aromatic N) is 1. The summed E-state index contributed by atoms with van der Waals surface area (Å²) in [6.45, 7) is 3.55. The minimum absolute atomic E-state index is 0.119. The first-order valence-electron chi connectivity index (χ1n) is 8.54. The first-order valence-corrected chi connectivity index (χ1v) is 9.59. The minimum Gasteiger partial charge on any atom is -0.355 e. The molecule has 2 N–H and O–H groups in total. The predicted molar refractivity (Wildman–Crippen MR) is 101 cm³/mol. The van der Waals surface area contributed by atoms with Crippen molar-refractivity contribution < 1.29 is 24.0 Å². The SMILES string of the molecule is CC=O.CNC(CCCCNC(=O)CSC1CC(=O)N(C)C1=O)C(C)=O. The quantitative estimate of drug-likeness (QED) is 0.312. The van der Waals surface area contributed by atoms with Crippen LogP contribution in [-0.4, -0.2) is 72.4 Å². The largest absolute Gasteiger partial charge is 0.355 e. The number of thioether (sulfide) groups is 1. The third-order valence-electron chi connectivity index (χ3n) is 3.84. The van der Waals surface area contributed by atoms with Crippen LogP contribution in [0.25, 0.3) is 0 Å². The molecule has 0 saturated carbocycles. The molecule has 0 bridgehead atoms. The van der Waals surface area contributed by atoms with E-state index in [1.165, 1.54) is 25.7 Å². The Labute approximate surface area is 158 Å². The van der Waals surface area contributed by atoms with E-state index in [9.17, 15) is 19.2 Å². The highest BCUT2D eigenvalue weighted by Crippen LogP contribution is 2.23. The van der Waals surface area contributed by atoms with E-state index in [1.54, 1.807) is 14.0 Å². The monoisotopic (exact) mass is 387 g/mol. The number of nitrogens with one attached hydrogen (secondary N) is 2. The molecule has 2 unspecified atom stereocenters. The van der Waals surface area contributed by atoms with Gasteiger partial charge in [0, 0.05) is 20.0 Å². The molecule has 0 spiro atoms. The van der Waals surface area contributed by atoms with Gasteiger partial charge in [0.1, 0.15) is 12.1 Å². The van der Waals surface area contributed by atoms with Gasteiger partial charge in [0.2, 0.25) is 17.7 Å². The van der Waals surface area contributed by atoms with Crippen molar-refractivity contribution in [3.63, 3.8) is 0 Å². The van der Waals surface area contributed by atoms with Crippen molar-refractivity contribution in [3.8, 4) is 0 Å². The highest BCUT2D eigenvalue weighted by molar-refractivity contribution is 8.01. The lowest BCUT2D eigenvalue weighted by Crippen LogP contribution is -2.32. The lowest BCUT2D eigenvalue weighted by atomic mass is 10.1. The molecule has 0 aliphatic carbocycles. The Balaban J connectivity index is 0.00000194. The molecule has 2 atom stereocenters. The molecule has 0 radical (unpaired) electrons. The summed E-state index contributed by atoms with van der Waals surface area (Å²) in [6.07, 6.45) is 3.32. The molecule has 3 amide bonds. The number of aldehydes is 1. The Hall–Kier alpha value is -1.74. The van der Waals surface area contributed by atoms with Crippen LogP contribution in [0.2, 0.25) is 0 Å². The number of hydrogen-bond acceptors (Lipinski definition) is 7. The molecule has 1 aliphatic rings. The molecule has 1 aliphatic heterocycles. The molecule has 1 heterocycles. The number of amides is 3. The normalized spacial score (nSPS) is 17.4. The summed E-state index contributed by atoms with van der Waals surface area (Å²) in [7, 11) is 3.22. The maximum Gasteiger partial charge on any atom is 0.242 e. The summed E-state index contributed by atoms with van der Waals surface area (Å²) in [5.41, 5.74) is 0. The van der Waals surface area contributed by atoms with Crippen LogP contribution in [0.3, 0.4) is 0 Å². The Morgan fingerprint density at radius 2 is 1.96 bits per heavy atom. The summed E-state index contributed by atoms with van der Waals surface area (Å²) in [6, 6.07) is -0.121. The number of likely N-dealkylation sites (tertiary alicyclic amines) is 1. The van der Waals surface area contributed by atoms with E-state index < -0.39 is 5.25 Å². The van der Waals surface area contributed by atoms with Crippen molar-refractivity contribution in [2.45, 2.75) is 50.8 Å². The van der Waals surface area contributed by atoms with Crippen molar-refractivity contribution in [2.75, 3.05) is 26.4 Å². The fraction of sp³-hybridized carbons (Fsp3) is 0.706. The van der Waals surface area contributed by atoms with Crippen molar-refractivity contribution in [3.05, 3.63) is 0 Å². The van der Waals surface area contributed by atoms with Gasteiger partial charge in [-0.1, -0.05) is 0 Å². The second-order valence-corrected chi connectivity index (χ2v) is 7.02. The first-order chi connectivity index (χ1) is 12.3. The van der Waals surface area contributed by atoms with Crippen LogP contribution >= 0.6 is 11.8 Å². The summed E-state index contributed by atoms with van der Waals surface area (Å²) in [5, 5.41) is 5.31. The molecule has 148 valence electrons. The molecule has 0 aromatic carbocycles. The number of carbonyl (C=O) groups excluding carboxylic acids is 5. The van der Waals surface area contributed by atoms with Crippen molar-refractivity contribution in [1.82, 2.24) is 15.5 Å². The van der Waals surface area contributed by atoms with Gasteiger partial charge in [-0.05, 0) is 40.2 Å². The summed E-state index contributed by atoms with van der Waals surface area (Å²) < 4.78 is 0. The molecule has 9 heteroatoms. The van der Waals surface area contributed by atoms with Crippen LogP contribution in [0, 0.1) is 0 Å². The molecule has 1 fully saturated rings. The van der Waals surface area contributed by atoms with E-state index in [4.69, 9.17) is 4.79 Å². The average Bonchev–Trinajstić information content (AvgIpc) is 2.83. The maximum absolute atomic E-state index is 11.7. The van der Waals surface area contributed by atoms with Crippen LogP contribution in [0.4, 0.5) is 0 Å². The van der Waals surface area contributed by atoms with E-state index in [0.29, 0.717) is 6.54 Å². The zero-order valence-electron chi connectivity index (χ0n) is 15.9. The fourth-order valence-electron chi connectivity index (χ4n) is 2.33. The third-order valence-corrected chi connectivity index (χ3v) is 5.04. The first kappa shape index (κ1) is 24.3. The van der Waals surface area contributed by atoms with Gasteiger partial charge in [-0.3, -0.25) is 24.1 Å². The zero-order valence-corrected chi connectivity index (χ0v) is 16.7. The van der Waals surface area contributed by atoms with Gasteiger partial charge in [0.25, 0.3) is 0 Å². The van der Waals surface area contributed by atoms with E-state index in [2.05, 4.69) is 10.6 Å². The maximum atomic E-state index is 11.7. The number of likely N-dealkylation sites (N-methyl/N-ethyl adjacent to an activating group) is 1. The number of unbranched alkanes of at least 4 members (excludes halogenated alkanes) is 1. The molecule has 1 saturated heterocycles. The molecular formula is C17H29N3O5S.